The smallest absolute Gasteiger partial charge is 0.350 e. The lowest BCUT2D eigenvalue weighted by Gasteiger charge is -2.23. The Morgan fingerprint density at radius 2 is 1.76 bits per heavy atom. The van der Waals surface area contributed by atoms with Gasteiger partial charge in [-0.1, -0.05) is 67.7 Å². The van der Waals surface area contributed by atoms with E-state index in [0.29, 0.717) is 40.7 Å². The predicted octanol–water partition coefficient (Wildman–Crippen LogP) is 7.39. The molecule has 10 heteroatoms. The Bertz CT molecular complexity index is 1750. The summed E-state index contributed by atoms with van der Waals surface area (Å²) in [5.41, 5.74) is 1.04. The normalized spacial score (nSPS) is 15.6. The molecule has 0 saturated carbocycles. The van der Waals surface area contributed by atoms with E-state index in [1.165, 1.54) is 11.0 Å². The Morgan fingerprint density at radius 3 is 2.47 bits per heavy atom. The highest BCUT2D eigenvalue weighted by atomic mass is 32.1. The molecule has 1 saturated heterocycles. The van der Waals surface area contributed by atoms with Crippen LogP contribution in [0.15, 0.2) is 97.1 Å². The molecule has 0 spiro atoms. The molecule has 230 valence electrons. The minimum atomic E-state index is -1.08. The van der Waals surface area contributed by atoms with Crippen molar-refractivity contribution < 1.29 is 33.7 Å². The molecule has 45 heavy (non-hydrogen) atoms. The number of Topliss-reactive ketones (excluding diaryl/α,β-unsaturated/α-hetero) is 1. The molecule has 1 amide bonds. The van der Waals surface area contributed by atoms with Crippen molar-refractivity contribution in [3.8, 4) is 17.2 Å². The SMILES string of the molecule is C=CCOC(=O)c1sc(N2C(=O)C(=O)/C(=C(/O)c3ccc(OCCCC)cc3)C2c2cccc(Oc3ccccc3)c2)nc1C. The Kier molecular flexibility index (Phi) is 9.74. The maximum Gasteiger partial charge on any atom is 0.350 e. The lowest BCUT2D eigenvalue weighted by molar-refractivity contribution is -0.132. The van der Waals surface area contributed by atoms with Crippen molar-refractivity contribution in [3.05, 3.63) is 119 Å². The number of benzene rings is 3. The van der Waals surface area contributed by atoms with Crippen LogP contribution >= 0.6 is 11.3 Å². The summed E-state index contributed by atoms with van der Waals surface area (Å²) < 4.78 is 17.0. The lowest BCUT2D eigenvalue weighted by atomic mass is 9.95. The zero-order valence-corrected chi connectivity index (χ0v) is 25.7. The van der Waals surface area contributed by atoms with Gasteiger partial charge in [0.25, 0.3) is 5.78 Å². The molecule has 0 aliphatic carbocycles. The molecule has 1 fully saturated rings. The average molecular weight is 625 g/mol. The van der Waals surface area contributed by atoms with E-state index in [0.717, 1.165) is 24.2 Å². The Labute approximate surface area is 265 Å². The number of para-hydroxylation sites is 1. The van der Waals surface area contributed by atoms with Crippen molar-refractivity contribution in [3.63, 3.8) is 0 Å². The number of aryl methyl sites for hydroxylation is 1. The summed E-state index contributed by atoms with van der Waals surface area (Å²) in [6.45, 7) is 7.82. The predicted molar refractivity (Wildman–Crippen MR) is 172 cm³/mol. The average Bonchev–Trinajstić information content (AvgIpc) is 3.56. The zero-order chi connectivity index (χ0) is 31.9. The summed E-state index contributed by atoms with van der Waals surface area (Å²) in [5.74, 6) is -1.08. The van der Waals surface area contributed by atoms with Crippen LogP contribution in [0.1, 0.15) is 52.3 Å². The molecule has 1 aromatic heterocycles. The van der Waals surface area contributed by atoms with Gasteiger partial charge in [0, 0.05) is 5.56 Å². The highest BCUT2D eigenvalue weighted by Crippen LogP contribution is 2.45. The number of unbranched alkanes of at least 4 members (excludes halogenated alkanes) is 1. The van der Waals surface area contributed by atoms with Crippen LogP contribution in [0, 0.1) is 6.92 Å². The second-order valence-corrected chi connectivity index (χ2v) is 11.2. The topological polar surface area (TPSA) is 115 Å². The molecule has 1 atom stereocenters. The number of ether oxygens (including phenoxy) is 3. The van der Waals surface area contributed by atoms with E-state index < -0.39 is 23.7 Å². The Balaban J connectivity index is 1.60. The molecule has 4 aromatic rings. The van der Waals surface area contributed by atoms with Crippen LogP contribution in [-0.2, 0) is 14.3 Å². The van der Waals surface area contributed by atoms with Gasteiger partial charge < -0.3 is 19.3 Å². The number of ketones is 1. The van der Waals surface area contributed by atoms with Gasteiger partial charge in [-0.05, 0) is 67.4 Å². The van der Waals surface area contributed by atoms with Crippen LogP contribution < -0.4 is 14.4 Å². The number of amides is 1. The first kappa shape index (κ1) is 31.2. The minimum Gasteiger partial charge on any atom is -0.507 e. The number of aliphatic hydroxyl groups excluding tert-OH is 1. The number of esters is 1. The zero-order valence-electron chi connectivity index (χ0n) is 24.9. The van der Waals surface area contributed by atoms with Gasteiger partial charge in [0.1, 0.15) is 34.5 Å². The van der Waals surface area contributed by atoms with Crippen molar-refractivity contribution >= 4 is 39.9 Å². The number of carbonyl (C=O) groups excluding carboxylic acids is 3. The maximum absolute atomic E-state index is 13.7. The van der Waals surface area contributed by atoms with Gasteiger partial charge >= 0.3 is 11.9 Å². The first-order chi connectivity index (χ1) is 21.8. The number of rotatable bonds is 12. The number of nitrogens with zero attached hydrogens (tertiary/aromatic N) is 2. The molecule has 5 rings (SSSR count). The highest BCUT2D eigenvalue weighted by Gasteiger charge is 2.48. The first-order valence-corrected chi connectivity index (χ1v) is 15.3. The third-order valence-electron chi connectivity index (χ3n) is 7.00. The van der Waals surface area contributed by atoms with Gasteiger partial charge in [0.05, 0.1) is 23.9 Å². The minimum absolute atomic E-state index is 0.00661. The summed E-state index contributed by atoms with van der Waals surface area (Å²) in [6, 6.07) is 21.7. The number of hydrogen-bond donors (Lipinski definition) is 1. The van der Waals surface area contributed by atoms with Gasteiger partial charge in [0.2, 0.25) is 0 Å². The van der Waals surface area contributed by atoms with E-state index in [4.69, 9.17) is 14.2 Å². The van der Waals surface area contributed by atoms with Crippen LogP contribution in [0.3, 0.4) is 0 Å². The van der Waals surface area contributed by atoms with Crippen LogP contribution in [-0.4, -0.2) is 41.0 Å². The standard InChI is InChI=1S/C35H32N2O7S/c1-4-6-20-42-25-17-15-23(16-18-25)30(38)28-29(24-11-10-14-27(21-24)44-26-12-8-7-9-13-26)37(33(40)31(28)39)35-36-22(3)32(45-35)34(41)43-19-5-2/h5,7-18,21,29,38H,2,4,6,19-20H2,1,3H3/b30-28+. The number of hydrogen-bond acceptors (Lipinski definition) is 9. The van der Waals surface area contributed by atoms with Crippen molar-refractivity contribution in [2.75, 3.05) is 18.1 Å². The van der Waals surface area contributed by atoms with Crippen molar-refractivity contribution in [1.82, 2.24) is 4.98 Å². The number of thiazole rings is 1. The Hall–Kier alpha value is -5.22. The molecule has 1 aliphatic rings. The number of carbonyl (C=O) groups is 3. The number of aliphatic hydroxyl groups is 1. The van der Waals surface area contributed by atoms with Crippen LogP contribution in [0.2, 0.25) is 0 Å². The largest absolute Gasteiger partial charge is 0.507 e. The van der Waals surface area contributed by atoms with Crippen molar-refractivity contribution in [2.24, 2.45) is 0 Å². The van der Waals surface area contributed by atoms with Gasteiger partial charge in [-0.3, -0.25) is 14.5 Å². The molecular formula is C35H32N2O7S. The van der Waals surface area contributed by atoms with E-state index >= 15 is 0 Å². The summed E-state index contributed by atoms with van der Waals surface area (Å²) in [6.07, 6.45) is 3.34. The van der Waals surface area contributed by atoms with Crippen LogP contribution in [0.5, 0.6) is 17.2 Å². The summed E-state index contributed by atoms with van der Waals surface area (Å²) in [5, 5.41) is 11.7. The molecule has 0 bridgehead atoms. The Morgan fingerprint density at radius 1 is 1.02 bits per heavy atom. The molecule has 1 N–H and O–H groups in total. The monoisotopic (exact) mass is 624 g/mol. The first-order valence-electron chi connectivity index (χ1n) is 14.4. The molecular weight excluding hydrogens is 592 g/mol. The lowest BCUT2D eigenvalue weighted by Crippen LogP contribution is -2.29. The second-order valence-electron chi connectivity index (χ2n) is 10.2. The second kappa shape index (κ2) is 14.0. The maximum atomic E-state index is 13.7. The fraction of sp³-hybridized carbons (Fsp3) is 0.200. The third-order valence-corrected chi connectivity index (χ3v) is 8.14. The van der Waals surface area contributed by atoms with Crippen LogP contribution in [0.25, 0.3) is 5.76 Å². The molecule has 1 aliphatic heterocycles. The van der Waals surface area contributed by atoms with E-state index in [1.807, 2.05) is 18.2 Å². The van der Waals surface area contributed by atoms with E-state index in [9.17, 15) is 19.5 Å². The molecule has 1 unspecified atom stereocenters. The fourth-order valence-corrected chi connectivity index (χ4v) is 5.78. The molecule has 3 aromatic carbocycles. The molecule has 0 radical (unpaired) electrons. The van der Waals surface area contributed by atoms with E-state index in [-0.39, 0.29) is 27.9 Å². The van der Waals surface area contributed by atoms with Gasteiger partial charge in [-0.25, -0.2) is 9.78 Å². The van der Waals surface area contributed by atoms with Gasteiger partial charge in [-0.2, -0.15) is 0 Å². The van der Waals surface area contributed by atoms with E-state index in [1.54, 1.807) is 67.6 Å². The number of aromatic nitrogens is 1. The third kappa shape index (κ3) is 6.81. The van der Waals surface area contributed by atoms with Crippen molar-refractivity contribution in [2.45, 2.75) is 32.7 Å². The van der Waals surface area contributed by atoms with Crippen LogP contribution in [0.4, 0.5) is 5.13 Å². The quantitative estimate of drug-likeness (QED) is 0.0433. The van der Waals surface area contributed by atoms with Crippen molar-refractivity contribution in [1.29, 1.82) is 0 Å². The molecule has 9 nitrogen and oxygen atoms in total. The summed E-state index contributed by atoms with van der Waals surface area (Å²) in [7, 11) is 0. The van der Waals surface area contributed by atoms with E-state index in [2.05, 4.69) is 18.5 Å². The summed E-state index contributed by atoms with van der Waals surface area (Å²) >= 11 is 0.928. The highest BCUT2D eigenvalue weighted by molar-refractivity contribution is 7.17. The summed E-state index contributed by atoms with van der Waals surface area (Å²) in [4.78, 5) is 45.9. The van der Waals surface area contributed by atoms with Gasteiger partial charge in [-0.15, -0.1) is 0 Å². The van der Waals surface area contributed by atoms with Gasteiger partial charge in [0.15, 0.2) is 5.13 Å². The fourth-order valence-electron chi connectivity index (χ4n) is 4.79. The molecule has 2 heterocycles. The number of anilines is 1.